The summed E-state index contributed by atoms with van der Waals surface area (Å²) in [7, 11) is 0. The highest BCUT2D eigenvalue weighted by molar-refractivity contribution is 5.22. The van der Waals surface area contributed by atoms with E-state index in [9.17, 15) is 13.2 Å². The molecule has 0 radical (unpaired) electrons. The van der Waals surface area contributed by atoms with Gasteiger partial charge in [0.15, 0.2) is 0 Å². The number of alkyl halides is 3. The molecule has 1 rings (SSSR count). The molecule has 0 aromatic carbocycles. The molecule has 0 fully saturated rings. The van der Waals surface area contributed by atoms with Crippen molar-refractivity contribution < 1.29 is 13.2 Å². The standard InChI is InChI=1S/C9H13F3N4/c1-2-16(6-9(10,11)12)5-7-3-15-8(13)4-14-7/h3-4H,2,5-6H2,1H3,(H2,13,15). The van der Waals surface area contributed by atoms with E-state index in [0.717, 1.165) is 0 Å². The summed E-state index contributed by atoms with van der Waals surface area (Å²) in [5.41, 5.74) is 5.80. The number of halogens is 3. The number of hydrogen-bond donors (Lipinski definition) is 1. The maximum atomic E-state index is 12.2. The number of rotatable bonds is 4. The molecule has 0 atom stereocenters. The number of hydrogen-bond acceptors (Lipinski definition) is 4. The lowest BCUT2D eigenvalue weighted by molar-refractivity contribution is -0.146. The maximum Gasteiger partial charge on any atom is 0.401 e. The Morgan fingerprint density at radius 1 is 1.31 bits per heavy atom. The first-order chi connectivity index (χ1) is 7.40. The van der Waals surface area contributed by atoms with Crippen molar-refractivity contribution in [3.8, 4) is 0 Å². The van der Waals surface area contributed by atoms with Gasteiger partial charge in [-0.05, 0) is 6.54 Å². The lowest BCUT2D eigenvalue weighted by Gasteiger charge is -2.21. The Hall–Kier alpha value is -1.37. The van der Waals surface area contributed by atoms with Crippen molar-refractivity contribution >= 4 is 5.82 Å². The molecule has 0 unspecified atom stereocenters. The van der Waals surface area contributed by atoms with Crippen molar-refractivity contribution in [1.82, 2.24) is 14.9 Å². The number of nitrogens with two attached hydrogens (primary N) is 1. The summed E-state index contributed by atoms with van der Waals surface area (Å²) in [5.74, 6) is 0.252. The molecule has 16 heavy (non-hydrogen) atoms. The molecule has 0 amide bonds. The van der Waals surface area contributed by atoms with Gasteiger partial charge in [-0.25, -0.2) is 4.98 Å². The van der Waals surface area contributed by atoms with Gasteiger partial charge in [-0.1, -0.05) is 6.92 Å². The summed E-state index contributed by atoms with van der Waals surface area (Å²) in [6.45, 7) is 1.13. The first-order valence-electron chi connectivity index (χ1n) is 4.76. The summed E-state index contributed by atoms with van der Waals surface area (Å²) in [6, 6.07) is 0. The molecular weight excluding hydrogens is 221 g/mol. The first-order valence-corrected chi connectivity index (χ1v) is 4.76. The van der Waals surface area contributed by atoms with E-state index in [1.165, 1.54) is 17.3 Å². The SMILES string of the molecule is CCN(Cc1cnc(N)cn1)CC(F)(F)F. The highest BCUT2D eigenvalue weighted by Gasteiger charge is 2.30. The average molecular weight is 234 g/mol. The molecule has 1 heterocycles. The van der Waals surface area contributed by atoms with Crippen LogP contribution in [0.3, 0.4) is 0 Å². The van der Waals surface area contributed by atoms with Crippen LogP contribution in [-0.2, 0) is 6.54 Å². The van der Waals surface area contributed by atoms with E-state index in [-0.39, 0.29) is 12.4 Å². The summed E-state index contributed by atoms with van der Waals surface area (Å²) >= 11 is 0. The Morgan fingerprint density at radius 2 is 2.00 bits per heavy atom. The van der Waals surface area contributed by atoms with Crippen LogP contribution in [0.25, 0.3) is 0 Å². The molecule has 0 aliphatic carbocycles. The van der Waals surface area contributed by atoms with Gasteiger partial charge in [-0.15, -0.1) is 0 Å². The van der Waals surface area contributed by atoms with Crippen molar-refractivity contribution in [2.75, 3.05) is 18.8 Å². The van der Waals surface area contributed by atoms with Gasteiger partial charge >= 0.3 is 6.18 Å². The summed E-state index contributed by atoms with van der Waals surface area (Å²) in [6.07, 6.45) is -1.48. The lowest BCUT2D eigenvalue weighted by Crippen LogP contribution is -2.33. The van der Waals surface area contributed by atoms with Crippen LogP contribution in [0.15, 0.2) is 12.4 Å². The van der Waals surface area contributed by atoms with Gasteiger partial charge < -0.3 is 5.73 Å². The molecular formula is C9H13F3N4. The minimum absolute atomic E-state index is 0.114. The second kappa shape index (κ2) is 5.11. The van der Waals surface area contributed by atoms with Crippen molar-refractivity contribution in [2.45, 2.75) is 19.6 Å². The minimum Gasteiger partial charge on any atom is -0.382 e. The molecule has 7 heteroatoms. The molecule has 0 spiro atoms. The Kier molecular flexibility index (Phi) is 4.05. The van der Waals surface area contributed by atoms with Crippen LogP contribution in [0.4, 0.5) is 19.0 Å². The van der Waals surface area contributed by atoms with Gasteiger partial charge in [-0.2, -0.15) is 13.2 Å². The van der Waals surface area contributed by atoms with Crippen LogP contribution in [0, 0.1) is 0 Å². The van der Waals surface area contributed by atoms with Crippen LogP contribution in [0.1, 0.15) is 12.6 Å². The molecule has 0 saturated heterocycles. The Morgan fingerprint density at radius 3 is 2.44 bits per heavy atom. The largest absolute Gasteiger partial charge is 0.401 e. The number of anilines is 1. The van der Waals surface area contributed by atoms with E-state index in [4.69, 9.17) is 5.73 Å². The van der Waals surface area contributed by atoms with E-state index < -0.39 is 12.7 Å². The third-order valence-corrected chi connectivity index (χ3v) is 1.96. The van der Waals surface area contributed by atoms with E-state index in [1.54, 1.807) is 6.92 Å². The molecule has 1 aromatic heterocycles. The highest BCUT2D eigenvalue weighted by Crippen LogP contribution is 2.17. The molecule has 1 aromatic rings. The van der Waals surface area contributed by atoms with Crippen LogP contribution in [-0.4, -0.2) is 34.1 Å². The quantitative estimate of drug-likeness (QED) is 0.856. The Balaban J connectivity index is 2.60. The molecule has 0 aliphatic heterocycles. The minimum atomic E-state index is -4.20. The normalized spacial score (nSPS) is 12.1. The van der Waals surface area contributed by atoms with Gasteiger partial charge in [-0.3, -0.25) is 9.88 Å². The monoisotopic (exact) mass is 234 g/mol. The summed E-state index contributed by atoms with van der Waals surface area (Å²) < 4.78 is 36.5. The fourth-order valence-corrected chi connectivity index (χ4v) is 1.21. The van der Waals surface area contributed by atoms with E-state index in [0.29, 0.717) is 12.2 Å². The third kappa shape index (κ3) is 4.43. The first kappa shape index (κ1) is 12.7. The van der Waals surface area contributed by atoms with Gasteiger partial charge in [0.05, 0.1) is 24.6 Å². The molecule has 0 aliphatic rings. The molecule has 90 valence electrons. The second-order valence-corrected chi connectivity index (χ2v) is 3.35. The number of nitrogens with zero attached hydrogens (tertiary/aromatic N) is 3. The number of aromatic nitrogens is 2. The summed E-state index contributed by atoms with van der Waals surface area (Å²) in [5, 5.41) is 0. The second-order valence-electron chi connectivity index (χ2n) is 3.35. The molecule has 0 saturated carbocycles. The average Bonchev–Trinajstić information content (AvgIpc) is 2.18. The Bertz CT molecular complexity index is 323. The predicted molar refractivity (Wildman–Crippen MR) is 53.5 cm³/mol. The van der Waals surface area contributed by atoms with E-state index in [2.05, 4.69) is 9.97 Å². The van der Waals surface area contributed by atoms with Gasteiger partial charge in [0.2, 0.25) is 0 Å². The van der Waals surface area contributed by atoms with Gasteiger partial charge in [0.25, 0.3) is 0 Å². The maximum absolute atomic E-state index is 12.2. The predicted octanol–water partition coefficient (Wildman–Crippen LogP) is 1.44. The smallest absolute Gasteiger partial charge is 0.382 e. The van der Waals surface area contributed by atoms with Crippen LogP contribution in [0.2, 0.25) is 0 Å². The van der Waals surface area contributed by atoms with E-state index >= 15 is 0 Å². The van der Waals surface area contributed by atoms with Gasteiger partial charge in [0.1, 0.15) is 5.82 Å². The fraction of sp³-hybridized carbons (Fsp3) is 0.556. The molecule has 0 bridgehead atoms. The van der Waals surface area contributed by atoms with Crippen LogP contribution >= 0.6 is 0 Å². The zero-order chi connectivity index (χ0) is 12.2. The fourth-order valence-electron chi connectivity index (χ4n) is 1.21. The third-order valence-electron chi connectivity index (χ3n) is 1.96. The van der Waals surface area contributed by atoms with Crippen molar-refractivity contribution in [3.05, 3.63) is 18.1 Å². The highest BCUT2D eigenvalue weighted by atomic mass is 19.4. The van der Waals surface area contributed by atoms with Crippen LogP contribution < -0.4 is 5.73 Å². The van der Waals surface area contributed by atoms with Crippen molar-refractivity contribution in [3.63, 3.8) is 0 Å². The zero-order valence-electron chi connectivity index (χ0n) is 8.83. The molecule has 2 N–H and O–H groups in total. The number of nitrogen functional groups attached to an aromatic ring is 1. The van der Waals surface area contributed by atoms with Crippen molar-refractivity contribution in [2.24, 2.45) is 0 Å². The van der Waals surface area contributed by atoms with Crippen LogP contribution in [0.5, 0.6) is 0 Å². The van der Waals surface area contributed by atoms with E-state index in [1.807, 2.05) is 0 Å². The van der Waals surface area contributed by atoms with Gasteiger partial charge in [0, 0.05) is 6.54 Å². The topological polar surface area (TPSA) is 55.0 Å². The zero-order valence-corrected chi connectivity index (χ0v) is 8.83. The lowest BCUT2D eigenvalue weighted by atomic mass is 10.3. The molecule has 4 nitrogen and oxygen atoms in total. The summed E-state index contributed by atoms with van der Waals surface area (Å²) in [4.78, 5) is 8.91. The van der Waals surface area contributed by atoms with Crippen molar-refractivity contribution in [1.29, 1.82) is 0 Å². The Labute approximate surface area is 91.3 Å².